The van der Waals surface area contributed by atoms with E-state index in [1.165, 1.54) is 6.07 Å². The molecule has 112 valence electrons. The van der Waals surface area contributed by atoms with Gasteiger partial charge in [0.1, 0.15) is 17.3 Å². The minimum absolute atomic E-state index is 0.333. The van der Waals surface area contributed by atoms with Crippen LogP contribution in [-0.4, -0.2) is 13.2 Å². The van der Waals surface area contributed by atoms with Crippen LogP contribution in [0.3, 0.4) is 0 Å². The molecule has 5 heteroatoms. The third-order valence-electron chi connectivity index (χ3n) is 2.90. The van der Waals surface area contributed by atoms with E-state index in [1.807, 2.05) is 24.3 Å². The molecule has 2 N–H and O–H groups in total. The topological polar surface area (TPSA) is 44.5 Å². The van der Waals surface area contributed by atoms with Gasteiger partial charge in [-0.05, 0) is 34.1 Å². The molecule has 0 saturated heterocycles. The summed E-state index contributed by atoms with van der Waals surface area (Å²) in [6.45, 7) is 1.44. The zero-order valence-electron chi connectivity index (χ0n) is 11.5. The second-order valence-corrected chi connectivity index (χ2v) is 5.29. The van der Waals surface area contributed by atoms with Crippen LogP contribution in [0, 0.1) is 5.82 Å². The number of para-hydroxylation sites is 1. The van der Waals surface area contributed by atoms with E-state index in [0.717, 1.165) is 11.3 Å². The van der Waals surface area contributed by atoms with Gasteiger partial charge in [0.05, 0.1) is 17.7 Å². The molecule has 2 aromatic rings. The van der Waals surface area contributed by atoms with Gasteiger partial charge in [0, 0.05) is 24.6 Å². The number of nitrogens with two attached hydrogens (primary N) is 1. The van der Waals surface area contributed by atoms with Gasteiger partial charge in [-0.2, -0.15) is 0 Å². The van der Waals surface area contributed by atoms with E-state index in [4.69, 9.17) is 15.2 Å². The highest BCUT2D eigenvalue weighted by Crippen LogP contribution is 2.21. The van der Waals surface area contributed by atoms with E-state index in [0.29, 0.717) is 36.4 Å². The van der Waals surface area contributed by atoms with Crippen LogP contribution in [0.1, 0.15) is 12.0 Å². The van der Waals surface area contributed by atoms with Crippen LogP contribution in [0.2, 0.25) is 0 Å². The number of ether oxygens (including phenoxy) is 2. The van der Waals surface area contributed by atoms with Gasteiger partial charge in [0.2, 0.25) is 0 Å². The Bertz CT molecular complexity index is 592. The smallest absolute Gasteiger partial charge is 0.141 e. The first-order valence-electron chi connectivity index (χ1n) is 6.69. The highest BCUT2D eigenvalue weighted by molar-refractivity contribution is 9.10. The van der Waals surface area contributed by atoms with Gasteiger partial charge in [-0.1, -0.05) is 18.2 Å². The Morgan fingerprint density at radius 1 is 1.05 bits per heavy atom. The second kappa shape index (κ2) is 8.00. The lowest BCUT2D eigenvalue weighted by Crippen LogP contribution is -2.07. The Kier molecular flexibility index (Phi) is 6.02. The van der Waals surface area contributed by atoms with E-state index in [9.17, 15) is 4.39 Å². The summed E-state index contributed by atoms with van der Waals surface area (Å²) in [6.07, 6.45) is 0.705. The molecule has 0 unspecified atom stereocenters. The Balaban J connectivity index is 1.73. The van der Waals surface area contributed by atoms with Crippen LogP contribution < -0.4 is 15.2 Å². The molecule has 21 heavy (non-hydrogen) atoms. The van der Waals surface area contributed by atoms with Gasteiger partial charge >= 0.3 is 0 Å². The number of halogens is 2. The fraction of sp³-hybridized carbons (Fsp3) is 0.250. The summed E-state index contributed by atoms with van der Waals surface area (Å²) in [5.74, 6) is 0.980. The van der Waals surface area contributed by atoms with Crippen molar-refractivity contribution < 1.29 is 13.9 Å². The van der Waals surface area contributed by atoms with Crippen molar-refractivity contribution in [3.63, 3.8) is 0 Å². The third-order valence-corrected chi connectivity index (χ3v) is 3.54. The van der Waals surface area contributed by atoms with Crippen molar-refractivity contribution in [2.75, 3.05) is 13.2 Å². The fourth-order valence-corrected chi connectivity index (χ4v) is 2.06. The summed E-state index contributed by atoms with van der Waals surface area (Å²) in [6, 6.07) is 12.4. The molecule has 0 heterocycles. The van der Waals surface area contributed by atoms with E-state index in [-0.39, 0.29) is 5.82 Å². The maximum atomic E-state index is 13.3. The van der Waals surface area contributed by atoms with Crippen LogP contribution in [-0.2, 0) is 6.54 Å². The molecule has 0 aliphatic heterocycles. The maximum absolute atomic E-state index is 13.3. The van der Waals surface area contributed by atoms with Crippen molar-refractivity contribution >= 4 is 15.9 Å². The summed E-state index contributed by atoms with van der Waals surface area (Å²) in [5, 5.41) is 0. The van der Waals surface area contributed by atoms with Crippen molar-refractivity contribution in [2.24, 2.45) is 5.73 Å². The maximum Gasteiger partial charge on any atom is 0.141 e. The van der Waals surface area contributed by atoms with Crippen molar-refractivity contribution in [3.05, 3.63) is 58.3 Å². The van der Waals surface area contributed by atoms with Crippen LogP contribution in [0.15, 0.2) is 46.9 Å². The van der Waals surface area contributed by atoms with E-state index in [2.05, 4.69) is 15.9 Å². The Hall–Kier alpha value is -1.59. The largest absolute Gasteiger partial charge is 0.493 e. The predicted molar refractivity (Wildman–Crippen MR) is 84.0 cm³/mol. The van der Waals surface area contributed by atoms with E-state index < -0.39 is 0 Å². The zero-order chi connectivity index (χ0) is 15.1. The summed E-state index contributed by atoms with van der Waals surface area (Å²) in [7, 11) is 0. The molecule has 0 aliphatic carbocycles. The first kappa shape index (κ1) is 15.8. The van der Waals surface area contributed by atoms with E-state index in [1.54, 1.807) is 12.1 Å². The second-order valence-electron chi connectivity index (χ2n) is 4.44. The van der Waals surface area contributed by atoms with Crippen LogP contribution >= 0.6 is 15.9 Å². The standard InChI is InChI=1S/C16H17BrFNO2/c17-14-7-6-13(10-15(14)18)20-8-3-9-21-16-5-2-1-4-12(16)11-19/h1-2,4-7,10H,3,8-9,11,19H2. The molecule has 0 fully saturated rings. The number of hydrogen-bond donors (Lipinski definition) is 1. The third kappa shape index (κ3) is 4.72. The average molecular weight is 354 g/mol. The van der Waals surface area contributed by atoms with Crippen molar-refractivity contribution in [3.8, 4) is 11.5 Å². The average Bonchev–Trinajstić information content (AvgIpc) is 2.51. The Morgan fingerprint density at radius 2 is 1.81 bits per heavy atom. The normalized spacial score (nSPS) is 10.4. The van der Waals surface area contributed by atoms with Gasteiger partial charge in [-0.15, -0.1) is 0 Å². The summed E-state index contributed by atoms with van der Waals surface area (Å²) in [5.41, 5.74) is 6.62. The highest BCUT2D eigenvalue weighted by atomic mass is 79.9. The number of hydrogen-bond acceptors (Lipinski definition) is 3. The molecule has 0 aliphatic rings. The molecular weight excluding hydrogens is 337 g/mol. The molecule has 2 aromatic carbocycles. The minimum Gasteiger partial charge on any atom is -0.493 e. The summed E-state index contributed by atoms with van der Waals surface area (Å²) in [4.78, 5) is 0. The summed E-state index contributed by atoms with van der Waals surface area (Å²) < 4.78 is 24.9. The lowest BCUT2D eigenvalue weighted by atomic mass is 10.2. The van der Waals surface area contributed by atoms with Crippen LogP contribution in [0.25, 0.3) is 0 Å². The first-order valence-corrected chi connectivity index (χ1v) is 7.48. The number of rotatable bonds is 7. The van der Waals surface area contributed by atoms with Crippen molar-refractivity contribution in [1.29, 1.82) is 0 Å². The first-order chi connectivity index (χ1) is 10.2. The summed E-state index contributed by atoms with van der Waals surface area (Å²) >= 11 is 3.10. The SMILES string of the molecule is NCc1ccccc1OCCCOc1ccc(Br)c(F)c1. The van der Waals surface area contributed by atoms with Crippen LogP contribution in [0.5, 0.6) is 11.5 Å². The molecule has 0 spiro atoms. The Labute approximate surface area is 132 Å². The monoisotopic (exact) mass is 353 g/mol. The highest BCUT2D eigenvalue weighted by Gasteiger charge is 2.02. The van der Waals surface area contributed by atoms with Crippen LogP contribution in [0.4, 0.5) is 4.39 Å². The molecule has 0 saturated carbocycles. The molecule has 3 nitrogen and oxygen atoms in total. The predicted octanol–water partition coefficient (Wildman–Crippen LogP) is 3.89. The molecule has 0 radical (unpaired) electrons. The van der Waals surface area contributed by atoms with Crippen molar-refractivity contribution in [1.82, 2.24) is 0 Å². The van der Waals surface area contributed by atoms with Gasteiger partial charge in [-0.3, -0.25) is 0 Å². The van der Waals surface area contributed by atoms with Gasteiger partial charge in [0.25, 0.3) is 0 Å². The quantitative estimate of drug-likeness (QED) is 0.767. The van der Waals surface area contributed by atoms with Gasteiger partial charge < -0.3 is 15.2 Å². The molecule has 0 atom stereocenters. The molecule has 0 aromatic heterocycles. The zero-order valence-corrected chi connectivity index (χ0v) is 13.1. The van der Waals surface area contributed by atoms with E-state index >= 15 is 0 Å². The molecule has 0 bridgehead atoms. The molecule has 2 rings (SSSR count). The Morgan fingerprint density at radius 3 is 2.57 bits per heavy atom. The number of benzene rings is 2. The lowest BCUT2D eigenvalue weighted by molar-refractivity contribution is 0.245. The molecule has 0 amide bonds. The van der Waals surface area contributed by atoms with Gasteiger partial charge in [-0.25, -0.2) is 4.39 Å². The fourth-order valence-electron chi connectivity index (χ4n) is 1.81. The molecular formula is C16H17BrFNO2. The lowest BCUT2D eigenvalue weighted by Gasteiger charge is -2.11. The van der Waals surface area contributed by atoms with Crippen molar-refractivity contribution in [2.45, 2.75) is 13.0 Å². The van der Waals surface area contributed by atoms with Gasteiger partial charge in [0.15, 0.2) is 0 Å². The minimum atomic E-state index is -0.333.